The molecule has 3 aromatic rings. The summed E-state index contributed by atoms with van der Waals surface area (Å²) in [6, 6.07) is 15.1. The molecule has 0 fully saturated rings. The maximum absolute atomic E-state index is 5.86. The number of aromatic nitrogens is 1. The Morgan fingerprint density at radius 2 is 2.04 bits per heavy atom. The molecule has 0 spiro atoms. The lowest BCUT2D eigenvalue weighted by Crippen LogP contribution is -2.20. The number of nitrogens with zero attached hydrogens (tertiary/aromatic N) is 1. The molecule has 2 heterocycles. The number of oxazole rings is 1. The summed E-state index contributed by atoms with van der Waals surface area (Å²) in [7, 11) is 0. The van der Waals surface area contributed by atoms with Gasteiger partial charge in [-0.05, 0) is 29.7 Å². The van der Waals surface area contributed by atoms with E-state index in [-0.39, 0.29) is 6.04 Å². The van der Waals surface area contributed by atoms with Crippen LogP contribution < -0.4 is 10.1 Å². The summed E-state index contributed by atoms with van der Waals surface area (Å²) in [5, 5.41) is 3.42. The van der Waals surface area contributed by atoms with Crippen LogP contribution in [0.5, 0.6) is 5.75 Å². The second-order valence-electron chi connectivity index (χ2n) is 6.27. The highest BCUT2D eigenvalue weighted by Crippen LogP contribution is 2.34. The van der Waals surface area contributed by atoms with E-state index in [2.05, 4.69) is 42.3 Å². The Hall–Kier alpha value is -2.49. The third kappa shape index (κ3) is 2.65. The van der Waals surface area contributed by atoms with E-state index in [9.17, 15) is 0 Å². The van der Waals surface area contributed by atoms with Gasteiger partial charge in [-0.2, -0.15) is 4.98 Å². The average molecular weight is 308 g/mol. The van der Waals surface area contributed by atoms with Gasteiger partial charge in [0.2, 0.25) is 0 Å². The van der Waals surface area contributed by atoms with E-state index in [1.54, 1.807) is 0 Å². The number of rotatable bonds is 3. The van der Waals surface area contributed by atoms with Crippen LogP contribution in [0.4, 0.5) is 6.01 Å². The van der Waals surface area contributed by atoms with Crippen molar-refractivity contribution in [2.24, 2.45) is 0 Å². The number of para-hydroxylation sites is 1. The van der Waals surface area contributed by atoms with Crippen molar-refractivity contribution < 1.29 is 9.15 Å². The molecule has 1 N–H and O–H groups in total. The van der Waals surface area contributed by atoms with Gasteiger partial charge in [-0.1, -0.05) is 38.1 Å². The van der Waals surface area contributed by atoms with Crippen LogP contribution in [0.25, 0.3) is 11.1 Å². The van der Waals surface area contributed by atoms with Crippen LogP contribution in [0.2, 0.25) is 0 Å². The zero-order valence-corrected chi connectivity index (χ0v) is 13.4. The summed E-state index contributed by atoms with van der Waals surface area (Å²) >= 11 is 0. The zero-order chi connectivity index (χ0) is 15.8. The smallest absolute Gasteiger partial charge is 0.296 e. The van der Waals surface area contributed by atoms with Crippen molar-refractivity contribution in [3.8, 4) is 5.75 Å². The van der Waals surface area contributed by atoms with Gasteiger partial charge in [-0.25, -0.2) is 0 Å². The highest BCUT2D eigenvalue weighted by Gasteiger charge is 2.22. The molecule has 2 aromatic carbocycles. The van der Waals surface area contributed by atoms with E-state index < -0.39 is 0 Å². The third-order valence-corrected chi connectivity index (χ3v) is 4.33. The van der Waals surface area contributed by atoms with Crippen molar-refractivity contribution in [3.05, 3.63) is 53.6 Å². The van der Waals surface area contributed by atoms with Gasteiger partial charge in [0.05, 0.1) is 12.6 Å². The first-order valence-corrected chi connectivity index (χ1v) is 8.09. The average Bonchev–Trinajstić information content (AvgIpc) is 2.96. The number of nitrogens with one attached hydrogen (secondary N) is 1. The SMILES string of the molecule is CC(C)c1ccc2oc(NC3CCOc4ccccc43)nc2c1. The van der Waals surface area contributed by atoms with Gasteiger partial charge >= 0.3 is 0 Å². The molecule has 0 radical (unpaired) electrons. The molecule has 1 unspecified atom stereocenters. The van der Waals surface area contributed by atoms with Crippen LogP contribution in [-0.4, -0.2) is 11.6 Å². The lowest BCUT2D eigenvalue weighted by molar-refractivity contribution is 0.273. The third-order valence-electron chi connectivity index (χ3n) is 4.33. The summed E-state index contributed by atoms with van der Waals surface area (Å²) in [5.41, 5.74) is 4.15. The largest absolute Gasteiger partial charge is 0.493 e. The predicted molar refractivity (Wildman–Crippen MR) is 91.0 cm³/mol. The Labute approximate surface area is 135 Å². The van der Waals surface area contributed by atoms with Gasteiger partial charge in [0, 0.05) is 12.0 Å². The molecule has 4 heteroatoms. The molecule has 0 aliphatic carbocycles. The Balaban J connectivity index is 1.63. The first-order valence-electron chi connectivity index (χ1n) is 8.09. The van der Waals surface area contributed by atoms with Crippen molar-refractivity contribution in [3.63, 3.8) is 0 Å². The number of anilines is 1. The molecule has 23 heavy (non-hydrogen) atoms. The minimum atomic E-state index is 0.164. The Morgan fingerprint density at radius 1 is 1.17 bits per heavy atom. The van der Waals surface area contributed by atoms with Crippen LogP contribution in [0.3, 0.4) is 0 Å². The number of hydrogen-bond acceptors (Lipinski definition) is 4. The van der Waals surface area contributed by atoms with E-state index in [1.807, 2.05) is 24.3 Å². The van der Waals surface area contributed by atoms with Gasteiger partial charge in [0.15, 0.2) is 5.58 Å². The molecule has 1 aliphatic rings. The highest BCUT2D eigenvalue weighted by molar-refractivity contribution is 5.75. The topological polar surface area (TPSA) is 47.3 Å². The van der Waals surface area contributed by atoms with Crippen LogP contribution in [0, 0.1) is 0 Å². The van der Waals surface area contributed by atoms with E-state index in [0.717, 1.165) is 28.8 Å². The molecular weight excluding hydrogens is 288 g/mol. The van der Waals surface area contributed by atoms with E-state index in [0.29, 0.717) is 18.5 Å². The summed E-state index contributed by atoms with van der Waals surface area (Å²) in [5.74, 6) is 1.42. The summed E-state index contributed by atoms with van der Waals surface area (Å²) in [6.07, 6.45) is 0.896. The molecule has 0 saturated heterocycles. The van der Waals surface area contributed by atoms with Gasteiger partial charge < -0.3 is 14.5 Å². The molecule has 4 nitrogen and oxygen atoms in total. The lowest BCUT2D eigenvalue weighted by Gasteiger charge is -2.25. The first-order chi connectivity index (χ1) is 11.2. The maximum Gasteiger partial charge on any atom is 0.296 e. The summed E-state index contributed by atoms with van der Waals surface area (Å²) in [4.78, 5) is 4.60. The van der Waals surface area contributed by atoms with Crippen LogP contribution in [0.15, 0.2) is 46.9 Å². The molecule has 118 valence electrons. The maximum atomic E-state index is 5.86. The quantitative estimate of drug-likeness (QED) is 0.748. The number of hydrogen-bond donors (Lipinski definition) is 1. The van der Waals surface area contributed by atoms with Crippen molar-refractivity contribution in [1.82, 2.24) is 4.98 Å². The van der Waals surface area contributed by atoms with Crippen molar-refractivity contribution in [2.75, 3.05) is 11.9 Å². The van der Waals surface area contributed by atoms with Gasteiger partial charge in [-0.3, -0.25) is 0 Å². The normalized spacial score (nSPS) is 17.1. The van der Waals surface area contributed by atoms with Crippen molar-refractivity contribution in [2.45, 2.75) is 32.2 Å². The van der Waals surface area contributed by atoms with E-state index in [1.165, 1.54) is 5.56 Å². The second kappa shape index (κ2) is 5.61. The van der Waals surface area contributed by atoms with Crippen LogP contribution >= 0.6 is 0 Å². The molecule has 0 saturated carbocycles. The molecule has 1 aliphatic heterocycles. The van der Waals surface area contributed by atoms with E-state index >= 15 is 0 Å². The minimum Gasteiger partial charge on any atom is -0.493 e. The van der Waals surface area contributed by atoms with Crippen LogP contribution in [0.1, 0.15) is 43.4 Å². The fraction of sp³-hybridized carbons (Fsp3) is 0.316. The summed E-state index contributed by atoms with van der Waals surface area (Å²) < 4.78 is 11.6. The van der Waals surface area contributed by atoms with Gasteiger partial charge in [0.1, 0.15) is 11.3 Å². The van der Waals surface area contributed by atoms with Gasteiger partial charge in [0.25, 0.3) is 6.01 Å². The zero-order valence-electron chi connectivity index (χ0n) is 13.4. The highest BCUT2D eigenvalue weighted by atomic mass is 16.5. The number of benzene rings is 2. The number of ether oxygens (including phenoxy) is 1. The molecule has 1 aromatic heterocycles. The Morgan fingerprint density at radius 3 is 2.91 bits per heavy atom. The molecular formula is C19H20N2O2. The molecule has 1 atom stereocenters. The first kappa shape index (κ1) is 14.1. The Bertz CT molecular complexity index is 838. The van der Waals surface area contributed by atoms with Crippen molar-refractivity contribution >= 4 is 17.1 Å². The predicted octanol–water partition coefficient (Wildman–Crippen LogP) is 4.89. The molecule has 4 rings (SSSR count). The molecule has 0 bridgehead atoms. The van der Waals surface area contributed by atoms with Crippen LogP contribution in [-0.2, 0) is 0 Å². The van der Waals surface area contributed by atoms with E-state index in [4.69, 9.17) is 9.15 Å². The standard InChI is InChI=1S/C19H20N2O2/c1-12(2)13-7-8-18-16(11-13)21-19(23-18)20-15-9-10-22-17-6-4-3-5-14(15)17/h3-8,11-12,15H,9-10H2,1-2H3,(H,20,21). The fourth-order valence-corrected chi connectivity index (χ4v) is 3.01. The van der Waals surface area contributed by atoms with Gasteiger partial charge in [-0.15, -0.1) is 0 Å². The second-order valence-corrected chi connectivity index (χ2v) is 6.27. The monoisotopic (exact) mass is 308 g/mol. The minimum absolute atomic E-state index is 0.164. The molecule has 0 amide bonds. The Kier molecular flexibility index (Phi) is 3.45. The number of fused-ring (bicyclic) bond motifs is 2. The lowest BCUT2D eigenvalue weighted by atomic mass is 10.0. The summed E-state index contributed by atoms with van der Waals surface area (Å²) in [6.45, 7) is 5.06. The van der Waals surface area contributed by atoms with Crippen molar-refractivity contribution in [1.29, 1.82) is 0 Å². The fourth-order valence-electron chi connectivity index (χ4n) is 3.01.